The zero-order valence-electron chi connectivity index (χ0n) is 12.9. The quantitative estimate of drug-likeness (QED) is 0.623. The van der Waals surface area contributed by atoms with Crippen molar-refractivity contribution in [1.82, 2.24) is 19.5 Å². The molecule has 4 rings (SSSR count). The minimum atomic E-state index is -0.439. The molecular weight excluding hydrogens is 308 g/mol. The third-order valence-electron chi connectivity index (χ3n) is 3.77. The highest BCUT2D eigenvalue weighted by atomic mass is 16.5. The summed E-state index contributed by atoms with van der Waals surface area (Å²) in [5, 5.41) is 0. The van der Waals surface area contributed by atoms with E-state index in [4.69, 9.17) is 9.15 Å². The van der Waals surface area contributed by atoms with Crippen molar-refractivity contribution in [1.29, 1.82) is 0 Å². The number of hydrogen-bond donors (Lipinski definition) is 1. The van der Waals surface area contributed by atoms with Gasteiger partial charge in [-0.1, -0.05) is 12.1 Å². The Balaban J connectivity index is 1.78. The Morgan fingerprint density at radius 2 is 2.08 bits per heavy atom. The molecule has 0 unspecified atom stereocenters. The molecule has 0 bridgehead atoms. The van der Waals surface area contributed by atoms with E-state index < -0.39 is 5.69 Å². The fourth-order valence-electron chi connectivity index (χ4n) is 2.60. The molecule has 120 valence electrons. The predicted molar refractivity (Wildman–Crippen MR) is 87.9 cm³/mol. The van der Waals surface area contributed by atoms with Crippen LogP contribution in [0.4, 0.5) is 0 Å². The average Bonchev–Trinajstić information content (AvgIpc) is 3.26. The highest BCUT2D eigenvalue weighted by Gasteiger charge is 2.14. The molecule has 0 aliphatic carbocycles. The van der Waals surface area contributed by atoms with Gasteiger partial charge < -0.3 is 18.7 Å². The topological polar surface area (TPSA) is 85.9 Å². The van der Waals surface area contributed by atoms with Crippen molar-refractivity contribution in [3.8, 4) is 17.2 Å². The number of benzene rings is 1. The Morgan fingerprint density at radius 3 is 2.79 bits per heavy atom. The number of H-pyrrole nitrogens is 1. The molecule has 24 heavy (non-hydrogen) atoms. The maximum atomic E-state index is 11.9. The number of aromatic nitrogens is 4. The van der Waals surface area contributed by atoms with Crippen molar-refractivity contribution in [2.45, 2.75) is 6.54 Å². The average molecular weight is 322 g/mol. The normalized spacial score (nSPS) is 11.0. The van der Waals surface area contributed by atoms with Gasteiger partial charge in [-0.25, -0.2) is 9.78 Å². The fraction of sp³-hybridized carbons (Fsp3) is 0.118. The molecule has 0 aliphatic heterocycles. The van der Waals surface area contributed by atoms with E-state index in [1.54, 1.807) is 31.8 Å². The fourth-order valence-corrected chi connectivity index (χ4v) is 2.60. The molecule has 3 aromatic heterocycles. The molecule has 4 aromatic rings. The molecule has 7 heteroatoms. The number of ether oxygens (including phenoxy) is 1. The van der Waals surface area contributed by atoms with Gasteiger partial charge in [-0.2, -0.15) is 4.98 Å². The number of imidazole rings is 1. The second-order valence-electron chi connectivity index (χ2n) is 5.29. The Kier molecular flexibility index (Phi) is 3.38. The number of nitrogens with one attached hydrogen (secondary N) is 1. The van der Waals surface area contributed by atoms with Crippen LogP contribution in [0.15, 0.2) is 58.2 Å². The second kappa shape index (κ2) is 5.69. The molecule has 0 radical (unpaired) electrons. The second-order valence-corrected chi connectivity index (χ2v) is 5.29. The summed E-state index contributed by atoms with van der Waals surface area (Å²) in [5.41, 5.74) is 2.25. The summed E-state index contributed by atoms with van der Waals surface area (Å²) < 4.78 is 12.4. The first-order valence-electron chi connectivity index (χ1n) is 7.36. The molecule has 1 N–H and O–H groups in total. The minimum absolute atomic E-state index is 0.439. The van der Waals surface area contributed by atoms with Gasteiger partial charge in [-0.15, -0.1) is 0 Å². The van der Waals surface area contributed by atoms with E-state index in [1.807, 2.05) is 28.8 Å². The Labute approximate surface area is 136 Å². The number of furan rings is 1. The van der Waals surface area contributed by atoms with Gasteiger partial charge in [0, 0.05) is 0 Å². The summed E-state index contributed by atoms with van der Waals surface area (Å²) in [7, 11) is 1.63. The Hall–Kier alpha value is -3.35. The van der Waals surface area contributed by atoms with E-state index >= 15 is 0 Å². The van der Waals surface area contributed by atoms with Crippen LogP contribution in [0.2, 0.25) is 0 Å². The van der Waals surface area contributed by atoms with E-state index in [0.29, 0.717) is 29.2 Å². The first kappa shape index (κ1) is 14.3. The molecule has 0 aliphatic rings. The van der Waals surface area contributed by atoms with Crippen LogP contribution in [0.25, 0.3) is 22.6 Å². The molecule has 0 atom stereocenters. The Morgan fingerprint density at radius 1 is 1.25 bits per heavy atom. The lowest BCUT2D eigenvalue weighted by molar-refractivity contribution is 0.414. The van der Waals surface area contributed by atoms with E-state index in [9.17, 15) is 4.79 Å². The molecule has 1 aromatic carbocycles. The first-order valence-corrected chi connectivity index (χ1v) is 7.36. The maximum Gasteiger partial charge on any atom is 0.347 e. The molecular formula is C17H14N4O3. The largest absolute Gasteiger partial charge is 0.497 e. The monoisotopic (exact) mass is 322 g/mol. The van der Waals surface area contributed by atoms with Gasteiger partial charge in [-0.05, 0) is 29.8 Å². The van der Waals surface area contributed by atoms with Gasteiger partial charge in [0.15, 0.2) is 11.4 Å². The number of rotatable bonds is 4. The van der Waals surface area contributed by atoms with Crippen LogP contribution in [-0.4, -0.2) is 26.6 Å². The van der Waals surface area contributed by atoms with Gasteiger partial charge >= 0.3 is 5.69 Å². The van der Waals surface area contributed by atoms with Gasteiger partial charge in [0.05, 0.1) is 26.2 Å². The van der Waals surface area contributed by atoms with E-state index in [0.717, 1.165) is 11.3 Å². The van der Waals surface area contributed by atoms with E-state index in [-0.39, 0.29) is 0 Å². The minimum Gasteiger partial charge on any atom is -0.497 e. The lowest BCUT2D eigenvalue weighted by Crippen LogP contribution is -2.13. The van der Waals surface area contributed by atoms with Crippen LogP contribution in [-0.2, 0) is 6.54 Å². The standard InChI is InChI=1S/C17H14N4O3/c1-23-12-6-4-11(5-7-12)9-21-10-18-15-14(13-3-2-8-24-13)19-17(22)20-16(15)21/h2-8,10H,9H2,1H3,(H,19,20,22). The Bertz CT molecular complexity index is 1030. The lowest BCUT2D eigenvalue weighted by atomic mass is 10.2. The van der Waals surface area contributed by atoms with Crippen molar-refractivity contribution >= 4 is 11.2 Å². The highest BCUT2D eigenvalue weighted by Crippen LogP contribution is 2.24. The molecule has 0 saturated carbocycles. The van der Waals surface area contributed by atoms with Gasteiger partial charge in [0.2, 0.25) is 0 Å². The first-order chi connectivity index (χ1) is 11.7. The van der Waals surface area contributed by atoms with Crippen LogP contribution in [0.5, 0.6) is 5.75 Å². The van der Waals surface area contributed by atoms with Crippen LogP contribution in [0.1, 0.15) is 5.56 Å². The smallest absolute Gasteiger partial charge is 0.347 e. The van der Waals surface area contributed by atoms with Crippen LogP contribution >= 0.6 is 0 Å². The third-order valence-corrected chi connectivity index (χ3v) is 3.77. The summed E-state index contributed by atoms with van der Waals surface area (Å²) in [6, 6.07) is 11.2. The molecule has 0 amide bonds. The zero-order chi connectivity index (χ0) is 16.5. The summed E-state index contributed by atoms with van der Waals surface area (Å²) in [6.45, 7) is 0.550. The number of fused-ring (bicyclic) bond motifs is 1. The number of hydrogen-bond acceptors (Lipinski definition) is 5. The van der Waals surface area contributed by atoms with Gasteiger partial charge in [0.1, 0.15) is 17.0 Å². The maximum absolute atomic E-state index is 11.9. The SMILES string of the molecule is COc1ccc(Cn2cnc3c(-c4ccco4)[nH]c(=O)nc32)cc1. The molecule has 0 fully saturated rings. The van der Waals surface area contributed by atoms with Crippen molar-refractivity contribution < 1.29 is 9.15 Å². The zero-order valence-corrected chi connectivity index (χ0v) is 12.9. The number of aromatic amines is 1. The van der Waals surface area contributed by atoms with Crippen molar-refractivity contribution in [2.75, 3.05) is 7.11 Å². The molecule has 3 heterocycles. The van der Waals surface area contributed by atoms with Crippen molar-refractivity contribution in [2.24, 2.45) is 0 Å². The molecule has 0 saturated heterocycles. The van der Waals surface area contributed by atoms with Crippen LogP contribution < -0.4 is 10.4 Å². The van der Waals surface area contributed by atoms with E-state index in [2.05, 4.69) is 15.0 Å². The van der Waals surface area contributed by atoms with Gasteiger partial charge in [-0.3, -0.25) is 0 Å². The van der Waals surface area contributed by atoms with Gasteiger partial charge in [0.25, 0.3) is 0 Å². The van der Waals surface area contributed by atoms with Crippen molar-refractivity contribution in [3.05, 3.63) is 65.0 Å². The summed E-state index contributed by atoms with van der Waals surface area (Å²) in [4.78, 5) is 23.1. The highest BCUT2D eigenvalue weighted by molar-refractivity contribution is 5.85. The third kappa shape index (κ3) is 2.45. The van der Waals surface area contributed by atoms with Crippen LogP contribution in [0, 0.1) is 0 Å². The predicted octanol–water partition coefficient (Wildman–Crippen LogP) is 2.44. The van der Waals surface area contributed by atoms with E-state index in [1.165, 1.54) is 0 Å². The summed E-state index contributed by atoms with van der Waals surface area (Å²) >= 11 is 0. The lowest BCUT2D eigenvalue weighted by Gasteiger charge is -2.05. The molecule has 0 spiro atoms. The summed E-state index contributed by atoms with van der Waals surface area (Å²) in [5.74, 6) is 1.35. The van der Waals surface area contributed by atoms with Crippen molar-refractivity contribution in [3.63, 3.8) is 0 Å². The summed E-state index contributed by atoms with van der Waals surface area (Å²) in [6.07, 6.45) is 3.22. The molecule has 7 nitrogen and oxygen atoms in total. The number of methoxy groups -OCH3 is 1. The van der Waals surface area contributed by atoms with Crippen LogP contribution in [0.3, 0.4) is 0 Å². The number of nitrogens with zero attached hydrogens (tertiary/aromatic N) is 3.